The Morgan fingerprint density at radius 2 is 2.04 bits per heavy atom. The number of aliphatic imine (C=N–C) groups is 1. The molecule has 2 aromatic rings. The highest BCUT2D eigenvalue weighted by atomic mass is 127. The van der Waals surface area contributed by atoms with Gasteiger partial charge in [0.25, 0.3) is 0 Å². The Labute approximate surface area is 166 Å². The highest BCUT2D eigenvalue weighted by Gasteiger charge is 2.14. The number of fused-ring (bicyclic) bond motifs is 1. The largest absolute Gasteiger partial charge is 0.459 e. The Morgan fingerprint density at radius 3 is 2.80 bits per heavy atom. The van der Waals surface area contributed by atoms with Gasteiger partial charge in [0.2, 0.25) is 0 Å². The van der Waals surface area contributed by atoms with Gasteiger partial charge >= 0.3 is 0 Å². The number of nitrogens with zero attached hydrogens (tertiary/aromatic N) is 1. The summed E-state index contributed by atoms with van der Waals surface area (Å²) in [5, 5.41) is 8.03. The first-order valence-corrected chi connectivity index (χ1v) is 8.86. The van der Waals surface area contributed by atoms with Crippen LogP contribution in [0, 0.1) is 0 Å². The van der Waals surface area contributed by atoms with Gasteiger partial charge in [0.05, 0.1) is 6.61 Å². The molecule has 3 rings (SSSR count). The Hall–Kier alpha value is -1.28. The van der Waals surface area contributed by atoms with Crippen molar-refractivity contribution in [2.75, 3.05) is 20.3 Å². The van der Waals surface area contributed by atoms with E-state index in [1.165, 1.54) is 32.1 Å². The minimum Gasteiger partial charge on any atom is -0.459 e. The van der Waals surface area contributed by atoms with Crippen molar-refractivity contribution in [3.8, 4) is 0 Å². The van der Waals surface area contributed by atoms with Crippen LogP contribution in [0.1, 0.15) is 37.9 Å². The molecule has 0 bridgehead atoms. The molecule has 0 aliphatic heterocycles. The maximum absolute atomic E-state index is 5.85. The lowest BCUT2D eigenvalue weighted by atomic mass is 9.96. The van der Waals surface area contributed by atoms with Crippen molar-refractivity contribution in [3.05, 3.63) is 36.1 Å². The zero-order chi connectivity index (χ0) is 16.6. The molecule has 1 aromatic carbocycles. The summed E-state index contributed by atoms with van der Waals surface area (Å²) in [7, 11) is 1.71. The number of benzene rings is 1. The highest BCUT2D eigenvalue weighted by molar-refractivity contribution is 14.0. The van der Waals surface area contributed by atoms with Gasteiger partial charge in [-0.15, -0.1) is 24.0 Å². The van der Waals surface area contributed by atoms with Gasteiger partial charge in [-0.05, 0) is 25.0 Å². The van der Waals surface area contributed by atoms with Crippen LogP contribution in [0.2, 0.25) is 0 Å². The van der Waals surface area contributed by atoms with Gasteiger partial charge in [-0.25, -0.2) is 4.99 Å². The van der Waals surface area contributed by atoms with Gasteiger partial charge < -0.3 is 19.8 Å². The number of ether oxygens (including phenoxy) is 1. The lowest BCUT2D eigenvalue weighted by Gasteiger charge is -2.25. The molecule has 0 saturated heterocycles. The second-order valence-corrected chi connectivity index (χ2v) is 6.31. The minimum absolute atomic E-state index is 0. The van der Waals surface area contributed by atoms with E-state index in [-0.39, 0.29) is 24.0 Å². The third-order valence-electron chi connectivity index (χ3n) is 4.41. The molecule has 5 nitrogen and oxygen atoms in total. The summed E-state index contributed by atoms with van der Waals surface area (Å²) < 4.78 is 11.0. The zero-order valence-corrected chi connectivity index (χ0v) is 17.1. The number of rotatable bonds is 6. The third-order valence-corrected chi connectivity index (χ3v) is 4.41. The van der Waals surface area contributed by atoms with E-state index in [0.29, 0.717) is 19.2 Å². The van der Waals surface area contributed by atoms with E-state index < -0.39 is 0 Å². The number of para-hydroxylation sites is 1. The Kier molecular flexibility index (Phi) is 8.54. The molecule has 1 aliphatic carbocycles. The number of methoxy groups -OCH3 is 1. The van der Waals surface area contributed by atoms with E-state index in [2.05, 4.69) is 22.8 Å². The van der Waals surface area contributed by atoms with Crippen LogP contribution in [0.3, 0.4) is 0 Å². The first-order valence-electron chi connectivity index (χ1n) is 8.86. The van der Waals surface area contributed by atoms with Gasteiger partial charge in [0.1, 0.15) is 17.9 Å². The monoisotopic (exact) mass is 457 g/mol. The molecule has 25 heavy (non-hydrogen) atoms. The maximum Gasteiger partial charge on any atom is 0.192 e. The molecule has 138 valence electrons. The summed E-state index contributed by atoms with van der Waals surface area (Å²) in [6.45, 7) is 1.94. The van der Waals surface area contributed by atoms with E-state index in [9.17, 15) is 0 Å². The maximum atomic E-state index is 5.85. The number of hydrogen-bond acceptors (Lipinski definition) is 3. The molecular formula is C19H28IN3O2. The van der Waals surface area contributed by atoms with E-state index in [0.717, 1.165) is 29.2 Å². The fourth-order valence-corrected chi connectivity index (χ4v) is 3.14. The first-order chi connectivity index (χ1) is 11.8. The standard InChI is InChI=1S/C19H27N3O2.HI/c1-23-12-11-20-19(22-16-8-3-2-4-9-16)21-14-17-13-15-7-5-6-10-18(15)24-17;/h5-7,10,13,16H,2-4,8-9,11-12,14H2,1H3,(H2,20,21,22);1H. The van der Waals surface area contributed by atoms with E-state index in [4.69, 9.17) is 14.1 Å². The van der Waals surface area contributed by atoms with Crippen LogP contribution >= 0.6 is 24.0 Å². The molecular weight excluding hydrogens is 429 g/mol. The molecule has 6 heteroatoms. The summed E-state index contributed by atoms with van der Waals surface area (Å²) in [6.07, 6.45) is 6.38. The van der Waals surface area contributed by atoms with Crippen LogP contribution in [0.5, 0.6) is 0 Å². The lowest BCUT2D eigenvalue weighted by molar-refractivity contribution is 0.203. The molecule has 1 aliphatic rings. The van der Waals surface area contributed by atoms with Gasteiger partial charge in [-0.2, -0.15) is 0 Å². The van der Waals surface area contributed by atoms with Crippen molar-refractivity contribution in [1.82, 2.24) is 10.6 Å². The summed E-state index contributed by atoms with van der Waals surface area (Å²) in [5.41, 5.74) is 0.914. The second-order valence-electron chi connectivity index (χ2n) is 6.31. The lowest BCUT2D eigenvalue weighted by Crippen LogP contribution is -2.45. The molecule has 0 unspecified atom stereocenters. The van der Waals surface area contributed by atoms with Gasteiger partial charge in [0, 0.05) is 25.1 Å². The number of guanidine groups is 1. The van der Waals surface area contributed by atoms with Gasteiger partial charge in [-0.1, -0.05) is 37.5 Å². The summed E-state index contributed by atoms with van der Waals surface area (Å²) >= 11 is 0. The molecule has 0 amide bonds. The SMILES string of the molecule is COCCNC(=NCc1cc2ccccc2o1)NC1CCCCC1.I. The van der Waals surface area contributed by atoms with E-state index in [1.807, 2.05) is 18.2 Å². The van der Waals surface area contributed by atoms with Crippen LogP contribution in [0.25, 0.3) is 11.0 Å². The van der Waals surface area contributed by atoms with Crippen molar-refractivity contribution in [3.63, 3.8) is 0 Å². The Bertz CT molecular complexity index is 632. The predicted octanol–water partition coefficient (Wildman–Crippen LogP) is 4.07. The summed E-state index contributed by atoms with van der Waals surface area (Å²) in [6, 6.07) is 10.6. The Morgan fingerprint density at radius 1 is 1.24 bits per heavy atom. The predicted molar refractivity (Wildman–Crippen MR) is 113 cm³/mol. The number of furan rings is 1. The fraction of sp³-hybridized carbons (Fsp3) is 0.526. The highest BCUT2D eigenvalue weighted by Crippen LogP contribution is 2.20. The molecule has 1 fully saturated rings. The quantitative estimate of drug-likeness (QED) is 0.297. The first kappa shape index (κ1) is 20.0. The smallest absolute Gasteiger partial charge is 0.192 e. The normalized spacial score (nSPS) is 15.8. The van der Waals surface area contributed by atoms with Crippen molar-refractivity contribution < 1.29 is 9.15 Å². The average Bonchev–Trinajstić information content (AvgIpc) is 3.03. The molecule has 1 saturated carbocycles. The molecule has 2 N–H and O–H groups in total. The van der Waals surface area contributed by atoms with Crippen LogP contribution in [0.15, 0.2) is 39.7 Å². The summed E-state index contributed by atoms with van der Waals surface area (Å²) in [5.74, 6) is 1.73. The van der Waals surface area contributed by atoms with Gasteiger partial charge in [0.15, 0.2) is 5.96 Å². The fourth-order valence-electron chi connectivity index (χ4n) is 3.14. The van der Waals surface area contributed by atoms with Gasteiger partial charge in [-0.3, -0.25) is 0 Å². The van der Waals surface area contributed by atoms with Crippen molar-refractivity contribution in [2.45, 2.75) is 44.7 Å². The average molecular weight is 457 g/mol. The topological polar surface area (TPSA) is 58.8 Å². The number of halogens is 1. The number of nitrogens with one attached hydrogen (secondary N) is 2. The van der Waals surface area contributed by atoms with Crippen molar-refractivity contribution in [2.24, 2.45) is 4.99 Å². The van der Waals surface area contributed by atoms with Crippen LogP contribution in [-0.2, 0) is 11.3 Å². The number of hydrogen-bond donors (Lipinski definition) is 2. The third kappa shape index (κ3) is 6.18. The van der Waals surface area contributed by atoms with Crippen molar-refractivity contribution in [1.29, 1.82) is 0 Å². The van der Waals surface area contributed by atoms with E-state index in [1.54, 1.807) is 7.11 Å². The summed E-state index contributed by atoms with van der Waals surface area (Å²) in [4.78, 5) is 4.70. The van der Waals surface area contributed by atoms with Crippen molar-refractivity contribution >= 4 is 40.9 Å². The van der Waals surface area contributed by atoms with Crippen LogP contribution in [0.4, 0.5) is 0 Å². The molecule has 0 atom stereocenters. The Balaban J connectivity index is 0.00000225. The molecule has 0 spiro atoms. The second kappa shape index (κ2) is 10.7. The zero-order valence-electron chi connectivity index (χ0n) is 14.8. The van der Waals surface area contributed by atoms with Crippen LogP contribution < -0.4 is 10.6 Å². The van der Waals surface area contributed by atoms with E-state index >= 15 is 0 Å². The van der Waals surface area contributed by atoms with Crippen LogP contribution in [-0.4, -0.2) is 32.3 Å². The minimum atomic E-state index is 0. The molecule has 0 radical (unpaired) electrons. The molecule has 1 aromatic heterocycles. The molecule has 1 heterocycles.